The first kappa shape index (κ1) is 17.3. The number of hydrogen-bond acceptors (Lipinski definition) is 3. The minimum absolute atomic E-state index is 0.572. The third kappa shape index (κ3) is 6.47. The second-order valence-electron chi connectivity index (χ2n) is 6.90. The Balaban J connectivity index is 2.82. The quantitative estimate of drug-likeness (QED) is 0.284. The fraction of sp³-hybridized carbons (Fsp3) is 0.438. The van der Waals surface area contributed by atoms with Crippen molar-refractivity contribution in [3.05, 3.63) is 29.8 Å². The molecule has 5 heteroatoms. The van der Waals surface area contributed by atoms with Crippen LogP contribution in [0.5, 0.6) is 0 Å². The summed E-state index contributed by atoms with van der Waals surface area (Å²) >= 11 is 0. The van der Waals surface area contributed by atoms with E-state index in [1.165, 1.54) is 0 Å². The average Bonchev–Trinajstić information content (AvgIpc) is 2.33. The highest BCUT2D eigenvalue weighted by Gasteiger charge is 2.21. The Morgan fingerprint density at radius 3 is 2.14 bits per heavy atom. The summed E-state index contributed by atoms with van der Waals surface area (Å²) < 4.78 is 5.22. The van der Waals surface area contributed by atoms with Gasteiger partial charge in [0.05, 0.1) is 5.69 Å². The van der Waals surface area contributed by atoms with Gasteiger partial charge in [-0.2, -0.15) is 0 Å². The van der Waals surface area contributed by atoms with Crippen molar-refractivity contribution >= 4 is 19.9 Å². The maximum absolute atomic E-state index is 11.9. The summed E-state index contributed by atoms with van der Waals surface area (Å²) in [5, 5.41) is 1.00. The molecule has 0 unspecified atom stereocenters. The van der Waals surface area contributed by atoms with Crippen molar-refractivity contribution in [1.82, 2.24) is 0 Å². The van der Waals surface area contributed by atoms with Crippen LogP contribution in [-0.4, -0.2) is 19.8 Å². The Morgan fingerprint density at radius 1 is 1.19 bits per heavy atom. The second-order valence-corrected chi connectivity index (χ2v) is 11.6. The van der Waals surface area contributed by atoms with Crippen LogP contribution in [0.4, 0.5) is 10.5 Å². The molecule has 0 atom stereocenters. The molecule has 114 valence electrons. The first-order chi connectivity index (χ1) is 9.48. The van der Waals surface area contributed by atoms with Crippen LogP contribution in [0, 0.1) is 11.5 Å². The van der Waals surface area contributed by atoms with Crippen molar-refractivity contribution in [2.75, 3.05) is 5.01 Å². The van der Waals surface area contributed by atoms with E-state index in [-0.39, 0.29) is 0 Å². The molecule has 0 aliphatic heterocycles. The maximum atomic E-state index is 11.9. The molecule has 2 N–H and O–H groups in total. The van der Waals surface area contributed by atoms with Gasteiger partial charge in [-0.3, -0.25) is 0 Å². The number of hydrazine groups is 1. The molecule has 0 bridgehead atoms. The van der Waals surface area contributed by atoms with Gasteiger partial charge in [0.2, 0.25) is 0 Å². The second kappa shape index (κ2) is 6.33. The molecule has 0 radical (unpaired) electrons. The Labute approximate surface area is 128 Å². The number of amides is 1. The molecule has 1 rings (SSSR count). The standard InChI is InChI=1S/C16H24N2O2Si/c1-16(2,3)20-15(19)18(17)14-9-7-13(8-10-14)11-12-21(4,5)6/h7-10H,17H2,1-6H3. The van der Waals surface area contributed by atoms with Gasteiger partial charge in [-0.1, -0.05) is 25.6 Å². The third-order valence-corrected chi connectivity index (χ3v) is 3.19. The van der Waals surface area contributed by atoms with Gasteiger partial charge in [0.25, 0.3) is 0 Å². The van der Waals surface area contributed by atoms with E-state index < -0.39 is 19.8 Å². The third-order valence-electron chi connectivity index (χ3n) is 2.32. The van der Waals surface area contributed by atoms with Crippen molar-refractivity contribution in [3.8, 4) is 11.5 Å². The van der Waals surface area contributed by atoms with E-state index in [2.05, 4.69) is 31.1 Å². The van der Waals surface area contributed by atoms with Gasteiger partial charge < -0.3 is 4.74 Å². The Bertz CT molecular complexity index is 557. The largest absolute Gasteiger partial charge is 0.442 e. The van der Waals surface area contributed by atoms with Gasteiger partial charge in [0.15, 0.2) is 0 Å². The van der Waals surface area contributed by atoms with Gasteiger partial charge in [-0.05, 0) is 45.0 Å². The average molecular weight is 304 g/mol. The van der Waals surface area contributed by atoms with Crippen molar-refractivity contribution in [2.24, 2.45) is 5.84 Å². The van der Waals surface area contributed by atoms with Crippen LogP contribution in [0.25, 0.3) is 0 Å². The molecule has 0 saturated carbocycles. The number of nitrogens with zero attached hydrogens (tertiary/aromatic N) is 1. The monoisotopic (exact) mass is 304 g/mol. The van der Waals surface area contributed by atoms with Crippen LogP contribution < -0.4 is 10.9 Å². The molecule has 0 spiro atoms. The number of carbonyl (C=O) groups is 1. The normalized spacial score (nSPS) is 11.4. The predicted octanol–water partition coefficient (Wildman–Crippen LogP) is 3.53. The molecule has 0 saturated heterocycles. The number of anilines is 1. The minimum Gasteiger partial charge on any atom is -0.442 e. The van der Waals surface area contributed by atoms with E-state index in [1.54, 1.807) is 32.9 Å². The molecule has 0 aliphatic carbocycles. The van der Waals surface area contributed by atoms with Crippen LogP contribution in [0.15, 0.2) is 24.3 Å². The summed E-state index contributed by atoms with van der Waals surface area (Å²) in [6.07, 6.45) is -0.580. The zero-order valence-corrected chi connectivity index (χ0v) is 14.7. The van der Waals surface area contributed by atoms with Gasteiger partial charge in [0.1, 0.15) is 13.7 Å². The summed E-state index contributed by atoms with van der Waals surface area (Å²) in [6.45, 7) is 12.0. The van der Waals surface area contributed by atoms with Crippen LogP contribution in [0.1, 0.15) is 26.3 Å². The van der Waals surface area contributed by atoms with Gasteiger partial charge in [-0.15, -0.1) is 5.54 Å². The number of benzene rings is 1. The van der Waals surface area contributed by atoms with Crippen molar-refractivity contribution < 1.29 is 9.53 Å². The zero-order valence-electron chi connectivity index (χ0n) is 13.7. The molecule has 21 heavy (non-hydrogen) atoms. The number of ether oxygens (including phenoxy) is 1. The topological polar surface area (TPSA) is 55.6 Å². The van der Waals surface area contributed by atoms with E-state index in [0.29, 0.717) is 5.69 Å². The molecule has 1 amide bonds. The molecule has 0 heterocycles. The number of hydrogen-bond donors (Lipinski definition) is 1. The molecule has 1 aromatic rings. The molecule has 0 aromatic heterocycles. The van der Waals surface area contributed by atoms with Gasteiger partial charge >= 0.3 is 6.09 Å². The highest BCUT2D eigenvalue weighted by atomic mass is 28.3. The van der Waals surface area contributed by atoms with E-state index in [4.69, 9.17) is 10.6 Å². The minimum atomic E-state index is -1.39. The van der Waals surface area contributed by atoms with Crippen LogP contribution in [0.2, 0.25) is 19.6 Å². The van der Waals surface area contributed by atoms with Crippen molar-refractivity contribution in [2.45, 2.75) is 46.0 Å². The van der Waals surface area contributed by atoms with Crippen LogP contribution in [0.3, 0.4) is 0 Å². The summed E-state index contributed by atoms with van der Waals surface area (Å²) in [5.74, 6) is 8.92. The lowest BCUT2D eigenvalue weighted by atomic mass is 10.2. The van der Waals surface area contributed by atoms with E-state index in [9.17, 15) is 4.79 Å². The van der Waals surface area contributed by atoms with Crippen molar-refractivity contribution in [1.29, 1.82) is 0 Å². The number of rotatable bonds is 1. The van der Waals surface area contributed by atoms with E-state index >= 15 is 0 Å². The molecule has 0 aliphatic rings. The Kier molecular flexibility index (Phi) is 5.21. The summed E-state index contributed by atoms with van der Waals surface area (Å²) in [4.78, 5) is 11.9. The summed E-state index contributed by atoms with van der Waals surface area (Å²) in [6, 6.07) is 7.23. The molecular formula is C16H24N2O2Si. The lowest BCUT2D eigenvalue weighted by molar-refractivity contribution is 0.0580. The Morgan fingerprint density at radius 2 is 1.71 bits per heavy atom. The highest BCUT2D eigenvalue weighted by Crippen LogP contribution is 2.16. The lowest BCUT2D eigenvalue weighted by Gasteiger charge is -2.24. The summed E-state index contributed by atoms with van der Waals surface area (Å²) in [5.41, 5.74) is 4.21. The summed E-state index contributed by atoms with van der Waals surface area (Å²) in [7, 11) is -1.39. The lowest BCUT2D eigenvalue weighted by Crippen LogP contribution is -2.41. The molecule has 0 fully saturated rings. The number of nitrogens with two attached hydrogens (primary N) is 1. The Hall–Kier alpha value is -1.77. The number of carbonyl (C=O) groups excluding carboxylic acids is 1. The first-order valence-corrected chi connectivity index (χ1v) is 10.4. The fourth-order valence-corrected chi connectivity index (χ4v) is 1.90. The van der Waals surface area contributed by atoms with E-state index in [0.717, 1.165) is 10.6 Å². The van der Waals surface area contributed by atoms with E-state index in [1.807, 2.05) is 12.1 Å². The maximum Gasteiger partial charge on any atom is 0.429 e. The van der Waals surface area contributed by atoms with Crippen LogP contribution >= 0.6 is 0 Å². The molecular weight excluding hydrogens is 280 g/mol. The fourth-order valence-electron chi connectivity index (χ4n) is 1.38. The molecule has 4 nitrogen and oxygen atoms in total. The first-order valence-electron chi connectivity index (χ1n) is 6.89. The van der Waals surface area contributed by atoms with Gasteiger partial charge in [-0.25, -0.2) is 15.6 Å². The predicted molar refractivity (Wildman–Crippen MR) is 89.6 cm³/mol. The SMILES string of the molecule is CC(C)(C)OC(=O)N(N)c1ccc(C#C[Si](C)(C)C)cc1. The van der Waals surface area contributed by atoms with Gasteiger partial charge in [0, 0.05) is 5.56 Å². The van der Waals surface area contributed by atoms with Crippen molar-refractivity contribution in [3.63, 3.8) is 0 Å². The smallest absolute Gasteiger partial charge is 0.429 e. The molecule has 1 aromatic carbocycles. The van der Waals surface area contributed by atoms with Crippen LogP contribution in [-0.2, 0) is 4.74 Å². The zero-order chi connectivity index (χ0) is 16.3. The highest BCUT2D eigenvalue weighted by molar-refractivity contribution is 6.83.